The normalized spacial score (nSPS) is 10.8. The summed E-state index contributed by atoms with van der Waals surface area (Å²) in [5, 5.41) is 1.03. The molecule has 0 radical (unpaired) electrons. The molecular formula is C13H17N3O. The Hall–Kier alpha value is -1.65. The van der Waals surface area contributed by atoms with Gasteiger partial charge in [0.25, 0.3) is 0 Å². The standard InChI is InChI=1S/C13H17N3O/c1-8-9(2)15-13-10(7-17-3)5-4-6-11(13)12(8)16-14/h4-6H,7,14H2,1-3H3,(H,15,16). The van der Waals surface area contributed by atoms with Crippen LogP contribution in [0.25, 0.3) is 10.9 Å². The van der Waals surface area contributed by atoms with Crippen molar-refractivity contribution in [2.75, 3.05) is 12.5 Å². The first-order valence-corrected chi connectivity index (χ1v) is 5.53. The average Bonchev–Trinajstić information content (AvgIpc) is 2.32. The number of nitrogens with one attached hydrogen (secondary N) is 1. The first-order chi connectivity index (χ1) is 8.19. The summed E-state index contributed by atoms with van der Waals surface area (Å²) in [6.07, 6.45) is 0. The summed E-state index contributed by atoms with van der Waals surface area (Å²) in [5.41, 5.74) is 7.79. The fourth-order valence-corrected chi connectivity index (χ4v) is 2.02. The number of nitrogen functional groups attached to an aromatic ring is 1. The van der Waals surface area contributed by atoms with Crippen LogP contribution in [0.2, 0.25) is 0 Å². The van der Waals surface area contributed by atoms with Crippen molar-refractivity contribution in [1.29, 1.82) is 0 Å². The maximum atomic E-state index is 5.60. The molecule has 0 bridgehead atoms. The molecule has 4 heteroatoms. The van der Waals surface area contributed by atoms with Gasteiger partial charge in [0.1, 0.15) is 0 Å². The third kappa shape index (κ3) is 1.97. The molecule has 1 aromatic carbocycles. The Morgan fingerprint density at radius 2 is 2.12 bits per heavy atom. The Balaban J connectivity index is 2.79. The van der Waals surface area contributed by atoms with E-state index in [-0.39, 0.29) is 0 Å². The van der Waals surface area contributed by atoms with Crippen LogP contribution < -0.4 is 11.3 Å². The van der Waals surface area contributed by atoms with Crippen molar-refractivity contribution >= 4 is 16.6 Å². The Bertz CT molecular complexity index is 552. The van der Waals surface area contributed by atoms with Gasteiger partial charge in [-0.1, -0.05) is 18.2 Å². The average molecular weight is 231 g/mol. The molecule has 2 rings (SSSR count). The maximum absolute atomic E-state index is 5.60. The molecule has 0 aliphatic carbocycles. The highest BCUT2D eigenvalue weighted by Gasteiger charge is 2.10. The first-order valence-electron chi connectivity index (χ1n) is 5.53. The number of nitrogens with two attached hydrogens (primary N) is 1. The fourth-order valence-electron chi connectivity index (χ4n) is 2.02. The van der Waals surface area contributed by atoms with Crippen molar-refractivity contribution in [2.45, 2.75) is 20.5 Å². The van der Waals surface area contributed by atoms with Gasteiger partial charge >= 0.3 is 0 Å². The summed E-state index contributed by atoms with van der Waals surface area (Å²) < 4.78 is 5.19. The van der Waals surface area contributed by atoms with Crippen LogP contribution in [0.15, 0.2) is 18.2 Å². The monoisotopic (exact) mass is 231 g/mol. The van der Waals surface area contributed by atoms with E-state index in [1.165, 1.54) is 0 Å². The predicted molar refractivity (Wildman–Crippen MR) is 69.7 cm³/mol. The minimum absolute atomic E-state index is 0.552. The predicted octanol–water partition coefficient (Wildman–Crippen LogP) is 2.28. The third-order valence-corrected chi connectivity index (χ3v) is 3.03. The second-order valence-electron chi connectivity index (χ2n) is 4.09. The number of rotatable bonds is 3. The summed E-state index contributed by atoms with van der Waals surface area (Å²) in [5.74, 6) is 5.60. The van der Waals surface area contributed by atoms with Crippen molar-refractivity contribution in [2.24, 2.45) is 5.84 Å². The SMILES string of the molecule is COCc1cccc2c(NN)c(C)c(C)nc12. The van der Waals surface area contributed by atoms with Crippen LogP contribution in [0.1, 0.15) is 16.8 Å². The summed E-state index contributed by atoms with van der Waals surface area (Å²) in [7, 11) is 1.68. The number of fused-ring (bicyclic) bond motifs is 1. The second-order valence-corrected chi connectivity index (χ2v) is 4.09. The number of nitrogens with zero attached hydrogens (tertiary/aromatic N) is 1. The molecule has 0 atom stereocenters. The van der Waals surface area contributed by atoms with Crippen molar-refractivity contribution in [1.82, 2.24) is 4.98 Å². The van der Waals surface area contributed by atoms with E-state index in [4.69, 9.17) is 10.6 Å². The largest absolute Gasteiger partial charge is 0.380 e. The van der Waals surface area contributed by atoms with E-state index < -0.39 is 0 Å². The number of hydrogen-bond donors (Lipinski definition) is 2. The summed E-state index contributed by atoms with van der Waals surface area (Å²) >= 11 is 0. The highest BCUT2D eigenvalue weighted by molar-refractivity contribution is 5.94. The highest BCUT2D eigenvalue weighted by Crippen LogP contribution is 2.29. The zero-order valence-electron chi connectivity index (χ0n) is 10.4. The van der Waals surface area contributed by atoms with E-state index in [9.17, 15) is 0 Å². The smallest absolute Gasteiger partial charge is 0.0781 e. The van der Waals surface area contributed by atoms with Crippen LogP contribution in [0.5, 0.6) is 0 Å². The maximum Gasteiger partial charge on any atom is 0.0781 e. The first kappa shape index (κ1) is 11.8. The summed E-state index contributed by atoms with van der Waals surface area (Å²) in [6, 6.07) is 6.03. The van der Waals surface area contributed by atoms with E-state index >= 15 is 0 Å². The van der Waals surface area contributed by atoms with Gasteiger partial charge in [0.15, 0.2) is 0 Å². The molecule has 3 N–H and O–H groups in total. The molecule has 0 aliphatic rings. The van der Waals surface area contributed by atoms with Gasteiger partial charge < -0.3 is 10.2 Å². The van der Waals surface area contributed by atoms with Gasteiger partial charge in [0.2, 0.25) is 0 Å². The van der Waals surface area contributed by atoms with E-state index in [1.807, 2.05) is 32.0 Å². The van der Waals surface area contributed by atoms with Crippen LogP contribution in [0.4, 0.5) is 5.69 Å². The minimum atomic E-state index is 0.552. The molecule has 0 saturated heterocycles. The van der Waals surface area contributed by atoms with E-state index in [1.54, 1.807) is 7.11 Å². The van der Waals surface area contributed by atoms with Crippen LogP contribution in [-0.4, -0.2) is 12.1 Å². The molecule has 0 saturated carbocycles. The zero-order chi connectivity index (χ0) is 12.4. The number of aryl methyl sites for hydroxylation is 1. The van der Waals surface area contributed by atoms with E-state index in [0.717, 1.165) is 33.4 Å². The fraction of sp³-hybridized carbons (Fsp3) is 0.308. The molecule has 0 unspecified atom stereocenters. The van der Waals surface area contributed by atoms with E-state index in [0.29, 0.717) is 6.61 Å². The van der Waals surface area contributed by atoms with Gasteiger partial charge in [-0.05, 0) is 19.4 Å². The number of ether oxygens (including phenoxy) is 1. The molecule has 1 heterocycles. The molecule has 0 amide bonds. The van der Waals surface area contributed by atoms with Crippen molar-refractivity contribution in [3.63, 3.8) is 0 Å². The van der Waals surface area contributed by atoms with Gasteiger partial charge in [-0.3, -0.25) is 10.8 Å². The molecule has 0 aliphatic heterocycles. The molecule has 4 nitrogen and oxygen atoms in total. The molecule has 17 heavy (non-hydrogen) atoms. The lowest BCUT2D eigenvalue weighted by atomic mass is 10.0. The number of hydrogen-bond acceptors (Lipinski definition) is 4. The van der Waals surface area contributed by atoms with Gasteiger partial charge in [-0.25, -0.2) is 0 Å². The third-order valence-electron chi connectivity index (χ3n) is 3.03. The molecular weight excluding hydrogens is 214 g/mol. The summed E-state index contributed by atoms with van der Waals surface area (Å²) in [4.78, 5) is 4.63. The number of anilines is 1. The zero-order valence-corrected chi connectivity index (χ0v) is 10.4. The molecule has 2 aromatic rings. The number of benzene rings is 1. The molecule has 0 spiro atoms. The Morgan fingerprint density at radius 1 is 1.35 bits per heavy atom. The Kier molecular flexibility index (Phi) is 3.26. The van der Waals surface area contributed by atoms with E-state index in [2.05, 4.69) is 10.4 Å². The molecule has 90 valence electrons. The Labute approximate surface area is 101 Å². The lowest BCUT2D eigenvalue weighted by Gasteiger charge is -2.13. The van der Waals surface area contributed by atoms with Crippen molar-refractivity contribution in [3.8, 4) is 0 Å². The number of hydrazine groups is 1. The minimum Gasteiger partial charge on any atom is -0.380 e. The molecule has 0 fully saturated rings. The summed E-state index contributed by atoms with van der Waals surface area (Å²) in [6.45, 7) is 4.55. The lowest BCUT2D eigenvalue weighted by Crippen LogP contribution is -2.10. The van der Waals surface area contributed by atoms with Crippen molar-refractivity contribution in [3.05, 3.63) is 35.0 Å². The number of para-hydroxylation sites is 1. The number of aromatic nitrogens is 1. The van der Waals surface area contributed by atoms with Gasteiger partial charge in [-0.2, -0.15) is 0 Å². The van der Waals surface area contributed by atoms with Crippen LogP contribution in [0, 0.1) is 13.8 Å². The quantitative estimate of drug-likeness (QED) is 0.628. The Morgan fingerprint density at radius 3 is 2.76 bits per heavy atom. The van der Waals surface area contributed by atoms with Crippen LogP contribution in [-0.2, 0) is 11.3 Å². The van der Waals surface area contributed by atoms with Gasteiger partial charge in [0.05, 0.1) is 17.8 Å². The molecule has 1 aromatic heterocycles. The second kappa shape index (κ2) is 4.69. The van der Waals surface area contributed by atoms with Crippen LogP contribution >= 0.6 is 0 Å². The topological polar surface area (TPSA) is 60.2 Å². The van der Waals surface area contributed by atoms with Gasteiger partial charge in [0, 0.05) is 23.8 Å². The van der Waals surface area contributed by atoms with Gasteiger partial charge in [-0.15, -0.1) is 0 Å². The van der Waals surface area contributed by atoms with Crippen molar-refractivity contribution < 1.29 is 4.74 Å². The highest BCUT2D eigenvalue weighted by atomic mass is 16.5. The lowest BCUT2D eigenvalue weighted by molar-refractivity contribution is 0.186. The number of methoxy groups -OCH3 is 1. The van der Waals surface area contributed by atoms with Crippen LogP contribution in [0.3, 0.4) is 0 Å². The number of pyridine rings is 1.